The first-order valence-corrected chi connectivity index (χ1v) is 4.80. The van der Waals surface area contributed by atoms with Crippen LogP contribution in [0.2, 0.25) is 5.15 Å². The van der Waals surface area contributed by atoms with Crippen LogP contribution in [0.3, 0.4) is 0 Å². The van der Waals surface area contributed by atoms with Crippen LogP contribution in [-0.2, 0) is 0 Å². The van der Waals surface area contributed by atoms with E-state index in [9.17, 15) is 15.0 Å². The maximum atomic E-state index is 10.7. The molecule has 2 unspecified atom stereocenters. The molecule has 16 heavy (non-hydrogen) atoms. The number of hydrogen-bond acceptors (Lipinski definition) is 5. The first-order chi connectivity index (χ1) is 7.47. The highest BCUT2D eigenvalue weighted by atomic mass is 35.5. The summed E-state index contributed by atoms with van der Waals surface area (Å²) >= 11 is 5.68. The van der Waals surface area contributed by atoms with Gasteiger partial charge >= 0.3 is 5.97 Å². The summed E-state index contributed by atoms with van der Waals surface area (Å²) in [5, 5.41) is 27.6. The summed E-state index contributed by atoms with van der Waals surface area (Å²) in [6, 6.07) is 1.15. The Balaban J connectivity index is 3.11. The summed E-state index contributed by atoms with van der Waals surface area (Å²) in [5.74, 6) is -1.19. The normalized spacial score (nSPS) is 14.5. The number of pyridine rings is 1. The molecule has 0 saturated carbocycles. The fraction of sp³-hybridized carbons (Fsp3) is 0.333. The minimum Gasteiger partial charge on any atom is -0.478 e. The molecule has 0 radical (unpaired) electrons. The SMILES string of the molecule is NCC(O)C(O)c1cc(C(=O)O)cnc1Cl. The monoisotopic (exact) mass is 246 g/mol. The maximum Gasteiger partial charge on any atom is 0.337 e. The third-order valence-electron chi connectivity index (χ3n) is 2.04. The fourth-order valence-corrected chi connectivity index (χ4v) is 1.34. The van der Waals surface area contributed by atoms with Gasteiger partial charge in [0.15, 0.2) is 0 Å². The molecule has 0 spiro atoms. The Bertz CT molecular complexity index is 399. The molecule has 5 N–H and O–H groups in total. The van der Waals surface area contributed by atoms with Crippen molar-refractivity contribution in [3.8, 4) is 0 Å². The second-order valence-electron chi connectivity index (χ2n) is 3.16. The molecule has 7 heteroatoms. The van der Waals surface area contributed by atoms with Gasteiger partial charge in [-0.1, -0.05) is 11.6 Å². The van der Waals surface area contributed by atoms with Gasteiger partial charge in [0.1, 0.15) is 11.3 Å². The number of aliphatic hydroxyl groups excluding tert-OH is 2. The molecular formula is C9H11ClN2O4. The van der Waals surface area contributed by atoms with Gasteiger partial charge in [0.2, 0.25) is 0 Å². The fourth-order valence-electron chi connectivity index (χ4n) is 1.13. The number of rotatable bonds is 4. The lowest BCUT2D eigenvalue weighted by Gasteiger charge is -2.17. The van der Waals surface area contributed by atoms with E-state index in [1.54, 1.807) is 0 Å². The predicted molar refractivity (Wildman–Crippen MR) is 56.2 cm³/mol. The van der Waals surface area contributed by atoms with Gasteiger partial charge in [-0.2, -0.15) is 0 Å². The zero-order valence-corrected chi connectivity index (χ0v) is 8.92. The van der Waals surface area contributed by atoms with Crippen molar-refractivity contribution >= 4 is 17.6 Å². The summed E-state index contributed by atoms with van der Waals surface area (Å²) in [6.45, 7) is -0.172. The minimum atomic E-state index is -1.36. The zero-order chi connectivity index (χ0) is 12.3. The molecule has 0 aliphatic rings. The molecule has 0 saturated heterocycles. The van der Waals surface area contributed by atoms with E-state index in [4.69, 9.17) is 22.4 Å². The lowest BCUT2D eigenvalue weighted by Crippen LogP contribution is -2.27. The molecule has 1 aromatic rings. The summed E-state index contributed by atoms with van der Waals surface area (Å²) in [5.41, 5.74) is 5.09. The quantitative estimate of drug-likeness (QED) is 0.546. The first kappa shape index (κ1) is 12.9. The van der Waals surface area contributed by atoms with E-state index in [2.05, 4.69) is 4.98 Å². The van der Waals surface area contributed by atoms with Crippen molar-refractivity contribution in [3.05, 3.63) is 28.5 Å². The molecule has 0 aliphatic carbocycles. The molecule has 1 aromatic heterocycles. The summed E-state index contributed by atoms with van der Waals surface area (Å²) in [6.07, 6.45) is -1.51. The van der Waals surface area contributed by atoms with Crippen LogP contribution in [0.1, 0.15) is 22.0 Å². The van der Waals surface area contributed by atoms with Gasteiger partial charge in [-0.3, -0.25) is 0 Å². The van der Waals surface area contributed by atoms with E-state index in [0.29, 0.717) is 0 Å². The highest BCUT2D eigenvalue weighted by molar-refractivity contribution is 6.30. The highest BCUT2D eigenvalue weighted by Crippen LogP contribution is 2.24. The summed E-state index contributed by atoms with van der Waals surface area (Å²) in [4.78, 5) is 14.3. The third-order valence-corrected chi connectivity index (χ3v) is 2.35. The van der Waals surface area contributed by atoms with Crippen LogP contribution in [0.25, 0.3) is 0 Å². The number of nitrogens with zero attached hydrogens (tertiary/aromatic N) is 1. The standard InChI is InChI=1S/C9H11ClN2O4/c10-8-5(7(14)6(13)2-11)1-4(3-12-8)9(15)16/h1,3,6-7,13-14H,2,11H2,(H,15,16). The number of carboxylic acids is 1. The number of aliphatic hydroxyl groups is 2. The molecule has 1 heterocycles. The average Bonchev–Trinajstić information content (AvgIpc) is 2.27. The van der Waals surface area contributed by atoms with Crippen molar-refractivity contribution in [2.24, 2.45) is 5.73 Å². The Morgan fingerprint density at radius 3 is 2.69 bits per heavy atom. The smallest absolute Gasteiger partial charge is 0.337 e. The Labute approximate surface area is 96.3 Å². The van der Waals surface area contributed by atoms with Gasteiger partial charge in [-0.05, 0) is 6.07 Å². The van der Waals surface area contributed by atoms with Gasteiger partial charge in [-0.25, -0.2) is 9.78 Å². The van der Waals surface area contributed by atoms with Crippen molar-refractivity contribution < 1.29 is 20.1 Å². The van der Waals surface area contributed by atoms with Crippen molar-refractivity contribution in [2.75, 3.05) is 6.54 Å². The van der Waals surface area contributed by atoms with Crippen LogP contribution in [0.5, 0.6) is 0 Å². The van der Waals surface area contributed by atoms with Crippen molar-refractivity contribution in [1.29, 1.82) is 0 Å². The Kier molecular flexibility index (Phi) is 4.19. The van der Waals surface area contributed by atoms with Crippen molar-refractivity contribution in [1.82, 2.24) is 4.98 Å². The van der Waals surface area contributed by atoms with Crippen LogP contribution in [-0.4, -0.2) is 38.9 Å². The van der Waals surface area contributed by atoms with E-state index < -0.39 is 18.2 Å². The summed E-state index contributed by atoms with van der Waals surface area (Å²) < 4.78 is 0. The molecule has 0 amide bonds. The van der Waals surface area contributed by atoms with Gasteiger partial charge in [0.25, 0.3) is 0 Å². The van der Waals surface area contributed by atoms with E-state index in [1.807, 2.05) is 0 Å². The van der Waals surface area contributed by atoms with Gasteiger partial charge in [-0.15, -0.1) is 0 Å². The van der Waals surface area contributed by atoms with Gasteiger partial charge < -0.3 is 21.1 Å². The predicted octanol–water partition coefficient (Wildman–Crippen LogP) is -0.214. The van der Waals surface area contributed by atoms with Crippen molar-refractivity contribution in [3.63, 3.8) is 0 Å². The number of aromatic carboxylic acids is 1. The Hall–Kier alpha value is -1.21. The second kappa shape index (κ2) is 5.22. The lowest BCUT2D eigenvalue weighted by atomic mass is 10.0. The van der Waals surface area contributed by atoms with E-state index >= 15 is 0 Å². The molecule has 0 bridgehead atoms. The van der Waals surface area contributed by atoms with Crippen molar-refractivity contribution in [2.45, 2.75) is 12.2 Å². The topological polar surface area (TPSA) is 117 Å². The van der Waals surface area contributed by atoms with Crippen LogP contribution >= 0.6 is 11.6 Å². The van der Waals surface area contributed by atoms with Crippen LogP contribution < -0.4 is 5.73 Å². The van der Waals surface area contributed by atoms with E-state index in [0.717, 1.165) is 12.3 Å². The maximum absolute atomic E-state index is 10.7. The van der Waals surface area contributed by atoms with E-state index in [-0.39, 0.29) is 22.8 Å². The number of hydrogen-bond donors (Lipinski definition) is 4. The molecule has 6 nitrogen and oxygen atoms in total. The largest absolute Gasteiger partial charge is 0.478 e. The second-order valence-corrected chi connectivity index (χ2v) is 3.52. The molecule has 88 valence electrons. The number of halogens is 1. The molecule has 2 atom stereocenters. The lowest BCUT2D eigenvalue weighted by molar-refractivity contribution is 0.0241. The van der Waals surface area contributed by atoms with Crippen LogP contribution in [0.4, 0.5) is 0 Å². The Morgan fingerprint density at radius 1 is 1.56 bits per heavy atom. The van der Waals surface area contributed by atoms with Crippen LogP contribution in [0.15, 0.2) is 12.3 Å². The third kappa shape index (κ3) is 2.67. The van der Waals surface area contributed by atoms with Gasteiger partial charge in [0, 0.05) is 18.3 Å². The number of carboxylic acid groups (broad SMARTS) is 1. The molecule has 0 aliphatic heterocycles. The minimum absolute atomic E-state index is 0.0412. The highest BCUT2D eigenvalue weighted by Gasteiger charge is 2.21. The summed E-state index contributed by atoms with van der Waals surface area (Å²) in [7, 11) is 0. The number of aromatic nitrogens is 1. The molecule has 0 aromatic carbocycles. The number of carbonyl (C=O) groups is 1. The Morgan fingerprint density at radius 2 is 2.19 bits per heavy atom. The van der Waals surface area contributed by atoms with Crippen LogP contribution in [0, 0.1) is 0 Å². The first-order valence-electron chi connectivity index (χ1n) is 4.42. The average molecular weight is 247 g/mol. The molecular weight excluding hydrogens is 236 g/mol. The van der Waals surface area contributed by atoms with Gasteiger partial charge in [0.05, 0.1) is 11.7 Å². The molecule has 1 rings (SSSR count). The van der Waals surface area contributed by atoms with E-state index in [1.165, 1.54) is 0 Å². The molecule has 0 fully saturated rings. The zero-order valence-electron chi connectivity index (χ0n) is 8.17. The number of nitrogens with two attached hydrogens (primary N) is 1.